The number of alkyl halides is 3. The van der Waals surface area contributed by atoms with E-state index in [0.717, 1.165) is 0 Å². The van der Waals surface area contributed by atoms with Gasteiger partial charge in [-0.1, -0.05) is 17.3 Å². The third-order valence-electron chi connectivity index (χ3n) is 2.29. The van der Waals surface area contributed by atoms with Gasteiger partial charge in [-0.15, -0.1) is 13.2 Å². The fraction of sp³-hybridized carbons (Fsp3) is 0.273. The van der Waals surface area contributed by atoms with Crippen LogP contribution in [-0.4, -0.2) is 16.5 Å². The van der Waals surface area contributed by atoms with Gasteiger partial charge in [-0.3, -0.25) is 0 Å². The number of rotatable bonds is 3. The third kappa shape index (κ3) is 3.44. The Bertz CT molecular complexity index is 551. The predicted octanol–water partition coefficient (Wildman–Crippen LogP) is 2.32. The van der Waals surface area contributed by atoms with E-state index >= 15 is 0 Å². The zero-order chi connectivity index (χ0) is 14.0. The summed E-state index contributed by atoms with van der Waals surface area (Å²) in [6.07, 6.45) is -4.71. The molecule has 1 aromatic carbocycles. The van der Waals surface area contributed by atoms with Gasteiger partial charge >= 0.3 is 6.36 Å². The van der Waals surface area contributed by atoms with Crippen LogP contribution in [0.5, 0.6) is 5.75 Å². The van der Waals surface area contributed by atoms with E-state index in [0.29, 0.717) is 11.5 Å². The standard InChI is InChI=1S/C11H10F3N3O2/c1-6-16-10(17-19-6)9(15)7-2-4-8(5-3-7)18-11(12,13)14/h2-5,9H,15H2,1H3. The Balaban J connectivity index is 2.14. The van der Waals surface area contributed by atoms with Crippen molar-refractivity contribution in [1.82, 2.24) is 10.1 Å². The normalized spacial score (nSPS) is 13.3. The molecule has 0 spiro atoms. The minimum absolute atomic E-state index is 0.266. The van der Waals surface area contributed by atoms with Crippen molar-refractivity contribution < 1.29 is 22.4 Å². The lowest BCUT2D eigenvalue weighted by atomic mass is 10.1. The first-order valence-electron chi connectivity index (χ1n) is 5.26. The molecule has 102 valence electrons. The number of benzene rings is 1. The molecule has 0 bridgehead atoms. The first-order valence-corrected chi connectivity index (χ1v) is 5.26. The molecule has 1 aromatic heterocycles. The summed E-state index contributed by atoms with van der Waals surface area (Å²) < 4.78 is 44.5. The van der Waals surface area contributed by atoms with Crippen LogP contribution in [0.25, 0.3) is 0 Å². The van der Waals surface area contributed by atoms with E-state index in [4.69, 9.17) is 10.3 Å². The van der Waals surface area contributed by atoms with Crippen LogP contribution >= 0.6 is 0 Å². The summed E-state index contributed by atoms with van der Waals surface area (Å²) in [6.45, 7) is 1.61. The van der Waals surface area contributed by atoms with E-state index in [1.165, 1.54) is 24.3 Å². The fourth-order valence-electron chi connectivity index (χ4n) is 1.47. The second-order valence-electron chi connectivity index (χ2n) is 3.77. The van der Waals surface area contributed by atoms with Crippen molar-refractivity contribution in [2.45, 2.75) is 19.3 Å². The topological polar surface area (TPSA) is 74.2 Å². The number of nitrogens with two attached hydrogens (primary N) is 1. The highest BCUT2D eigenvalue weighted by molar-refractivity contribution is 5.31. The van der Waals surface area contributed by atoms with Gasteiger partial charge in [0.2, 0.25) is 5.89 Å². The maximum atomic E-state index is 12.0. The number of hydrogen-bond donors (Lipinski definition) is 1. The largest absolute Gasteiger partial charge is 0.573 e. The molecule has 0 radical (unpaired) electrons. The lowest BCUT2D eigenvalue weighted by molar-refractivity contribution is -0.274. The maximum absolute atomic E-state index is 12.0. The molecule has 0 amide bonds. The van der Waals surface area contributed by atoms with Gasteiger partial charge in [0.05, 0.1) is 6.04 Å². The van der Waals surface area contributed by atoms with Gasteiger partial charge in [-0.2, -0.15) is 4.98 Å². The highest BCUT2D eigenvalue weighted by Gasteiger charge is 2.31. The highest BCUT2D eigenvalue weighted by Crippen LogP contribution is 2.25. The molecule has 2 N–H and O–H groups in total. The van der Waals surface area contributed by atoms with Gasteiger partial charge in [0.15, 0.2) is 5.82 Å². The molecular weight excluding hydrogens is 263 g/mol. The quantitative estimate of drug-likeness (QED) is 0.928. The molecular formula is C11H10F3N3O2. The van der Waals surface area contributed by atoms with E-state index in [2.05, 4.69) is 14.9 Å². The predicted molar refractivity (Wildman–Crippen MR) is 58.2 cm³/mol. The molecule has 1 unspecified atom stereocenters. The molecule has 1 atom stereocenters. The fourth-order valence-corrected chi connectivity index (χ4v) is 1.47. The van der Waals surface area contributed by atoms with E-state index < -0.39 is 12.4 Å². The lowest BCUT2D eigenvalue weighted by Gasteiger charge is -2.11. The molecule has 0 saturated carbocycles. The minimum Gasteiger partial charge on any atom is -0.406 e. The van der Waals surface area contributed by atoms with Gasteiger partial charge in [0.1, 0.15) is 5.75 Å². The lowest BCUT2D eigenvalue weighted by Crippen LogP contribution is -2.17. The van der Waals surface area contributed by atoms with E-state index in [-0.39, 0.29) is 11.6 Å². The van der Waals surface area contributed by atoms with Crippen LogP contribution in [0.15, 0.2) is 28.8 Å². The van der Waals surface area contributed by atoms with Crippen LogP contribution in [0.2, 0.25) is 0 Å². The SMILES string of the molecule is Cc1nc(C(N)c2ccc(OC(F)(F)F)cc2)no1. The zero-order valence-corrected chi connectivity index (χ0v) is 9.81. The van der Waals surface area contributed by atoms with Crippen molar-refractivity contribution in [1.29, 1.82) is 0 Å². The van der Waals surface area contributed by atoms with Gasteiger partial charge in [0.25, 0.3) is 0 Å². The summed E-state index contributed by atoms with van der Waals surface area (Å²) in [7, 11) is 0. The van der Waals surface area contributed by atoms with Crippen molar-refractivity contribution in [3.05, 3.63) is 41.5 Å². The average molecular weight is 273 g/mol. The number of nitrogens with zero attached hydrogens (tertiary/aromatic N) is 2. The Morgan fingerprint density at radius 1 is 1.26 bits per heavy atom. The van der Waals surface area contributed by atoms with Crippen molar-refractivity contribution >= 4 is 0 Å². The van der Waals surface area contributed by atoms with Gasteiger partial charge in [0, 0.05) is 6.92 Å². The van der Waals surface area contributed by atoms with Crippen molar-refractivity contribution in [2.75, 3.05) is 0 Å². The Kier molecular flexibility index (Phi) is 3.43. The summed E-state index contributed by atoms with van der Waals surface area (Å²) in [5.41, 5.74) is 6.41. The van der Waals surface area contributed by atoms with Crippen molar-refractivity contribution in [3.63, 3.8) is 0 Å². The molecule has 0 aliphatic rings. The smallest absolute Gasteiger partial charge is 0.406 e. The second kappa shape index (κ2) is 4.88. The summed E-state index contributed by atoms with van der Waals surface area (Å²) in [4.78, 5) is 3.95. The average Bonchev–Trinajstić information content (AvgIpc) is 2.74. The zero-order valence-electron chi connectivity index (χ0n) is 9.81. The summed E-state index contributed by atoms with van der Waals surface area (Å²) in [6, 6.07) is 4.51. The summed E-state index contributed by atoms with van der Waals surface area (Å²) in [5.74, 6) is 0.317. The minimum atomic E-state index is -4.71. The molecule has 0 aliphatic heterocycles. The molecule has 0 fully saturated rings. The summed E-state index contributed by atoms with van der Waals surface area (Å²) >= 11 is 0. The number of aryl methyl sites for hydroxylation is 1. The highest BCUT2D eigenvalue weighted by atomic mass is 19.4. The van der Waals surface area contributed by atoms with Crippen LogP contribution in [0.1, 0.15) is 23.3 Å². The molecule has 0 aliphatic carbocycles. The summed E-state index contributed by atoms with van der Waals surface area (Å²) in [5, 5.41) is 3.65. The number of aromatic nitrogens is 2. The first kappa shape index (κ1) is 13.3. The maximum Gasteiger partial charge on any atom is 0.573 e. The molecule has 2 aromatic rings. The van der Waals surface area contributed by atoms with Crippen molar-refractivity contribution in [3.8, 4) is 5.75 Å². The molecule has 5 nitrogen and oxygen atoms in total. The molecule has 0 saturated heterocycles. The number of hydrogen-bond acceptors (Lipinski definition) is 5. The van der Waals surface area contributed by atoms with Gasteiger partial charge < -0.3 is 15.0 Å². The monoisotopic (exact) mass is 273 g/mol. The molecule has 19 heavy (non-hydrogen) atoms. The number of ether oxygens (including phenoxy) is 1. The van der Waals surface area contributed by atoms with Crippen LogP contribution in [0.3, 0.4) is 0 Å². The van der Waals surface area contributed by atoms with Crippen LogP contribution < -0.4 is 10.5 Å². The first-order chi connectivity index (χ1) is 8.85. The molecule has 1 heterocycles. The van der Waals surface area contributed by atoms with Crippen LogP contribution in [0.4, 0.5) is 13.2 Å². The Hall–Kier alpha value is -2.09. The Morgan fingerprint density at radius 3 is 2.37 bits per heavy atom. The van der Waals surface area contributed by atoms with Crippen LogP contribution in [0, 0.1) is 6.92 Å². The van der Waals surface area contributed by atoms with E-state index in [1.54, 1.807) is 6.92 Å². The molecule has 2 rings (SSSR count). The Labute approximate surface area is 106 Å². The van der Waals surface area contributed by atoms with Gasteiger partial charge in [-0.05, 0) is 17.7 Å². The third-order valence-corrected chi connectivity index (χ3v) is 2.29. The van der Waals surface area contributed by atoms with Crippen molar-refractivity contribution in [2.24, 2.45) is 5.73 Å². The van der Waals surface area contributed by atoms with E-state index in [1.807, 2.05) is 0 Å². The second-order valence-corrected chi connectivity index (χ2v) is 3.77. The van der Waals surface area contributed by atoms with Gasteiger partial charge in [-0.25, -0.2) is 0 Å². The molecule has 8 heteroatoms. The Morgan fingerprint density at radius 2 is 1.89 bits per heavy atom. The van der Waals surface area contributed by atoms with Crippen LogP contribution in [-0.2, 0) is 0 Å². The van der Waals surface area contributed by atoms with E-state index in [9.17, 15) is 13.2 Å². The number of halogens is 3.